The largest absolute Gasteiger partial charge is 0.491 e. The van der Waals surface area contributed by atoms with E-state index in [9.17, 15) is 18.0 Å². The molecule has 0 bridgehead atoms. The molecule has 2 N–H and O–H groups in total. The maximum absolute atomic E-state index is 12.7. The fourth-order valence-electron chi connectivity index (χ4n) is 2.82. The van der Waals surface area contributed by atoms with Crippen LogP contribution in [0.2, 0.25) is 0 Å². The first-order valence-corrected chi connectivity index (χ1v) is 8.95. The molecule has 150 valence electrons. The Hall–Kier alpha value is -2.74. The molecule has 0 spiro atoms. The number of nitrogens with one attached hydrogen (secondary N) is 2. The second-order valence-corrected chi connectivity index (χ2v) is 6.45. The van der Waals surface area contributed by atoms with Gasteiger partial charge >= 0.3 is 6.18 Å². The molecule has 1 aliphatic heterocycles. The van der Waals surface area contributed by atoms with E-state index in [4.69, 9.17) is 9.47 Å². The lowest BCUT2D eigenvalue weighted by molar-refractivity contribution is -0.137. The number of hydrogen-bond donors (Lipinski definition) is 2. The van der Waals surface area contributed by atoms with Gasteiger partial charge in [0.2, 0.25) is 5.91 Å². The number of amides is 1. The fourth-order valence-corrected chi connectivity index (χ4v) is 2.82. The zero-order chi connectivity index (χ0) is 20.0. The molecule has 28 heavy (non-hydrogen) atoms. The van der Waals surface area contributed by atoms with Crippen LogP contribution < -0.4 is 15.4 Å². The summed E-state index contributed by atoms with van der Waals surface area (Å²) in [5, 5.41) is 5.38. The van der Waals surface area contributed by atoms with Crippen molar-refractivity contribution in [2.24, 2.45) is 0 Å². The minimum Gasteiger partial charge on any atom is -0.491 e. The first kappa shape index (κ1) is 20.0. The molecular formula is C20H21F3N2O3. The van der Waals surface area contributed by atoms with Crippen molar-refractivity contribution in [1.82, 2.24) is 0 Å². The zero-order valence-corrected chi connectivity index (χ0v) is 15.1. The van der Waals surface area contributed by atoms with Gasteiger partial charge in [0.05, 0.1) is 18.2 Å². The van der Waals surface area contributed by atoms with Crippen LogP contribution in [0.3, 0.4) is 0 Å². The van der Waals surface area contributed by atoms with Crippen LogP contribution in [0.15, 0.2) is 48.5 Å². The molecule has 0 saturated carbocycles. The quantitative estimate of drug-likeness (QED) is 0.735. The van der Waals surface area contributed by atoms with Gasteiger partial charge in [-0.25, -0.2) is 0 Å². The third-order valence-corrected chi connectivity index (χ3v) is 4.22. The summed E-state index contributed by atoms with van der Waals surface area (Å²) in [7, 11) is 0. The van der Waals surface area contributed by atoms with Crippen LogP contribution in [0.5, 0.6) is 5.75 Å². The first-order valence-electron chi connectivity index (χ1n) is 8.95. The Bertz CT molecular complexity index is 805. The van der Waals surface area contributed by atoms with Crippen LogP contribution in [0, 0.1) is 0 Å². The molecule has 1 atom stereocenters. The van der Waals surface area contributed by atoms with Crippen molar-refractivity contribution in [3.8, 4) is 5.75 Å². The van der Waals surface area contributed by atoms with E-state index in [1.165, 1.54) is 12.1 Å². The Morgan fingerprint density at radius 3 is 2.68 bits per heavy atom. The Morgan fingerprint density at radius 1 is 1.14 bits per heavy atom. The predicted molar refractivity (Wildman–Crippen MR) is 99.5 cm³/mol. The number of carbonyl (C=O) groups is 1. The van der Waals surface area contributed by atoms with Gasteiger partial charge in [0.1, 0.15) is 12.4 Å². The summed E-state index contributed by atoms with van der Waals surface area (Å²) in [6, 6.07) is 11.6. The molecule has 2 aromatic carbocycles. The Kier molecular flexibility index (Phi) is 6.41. The summed E-state index contributed by atoms with van der Waals surface area (Å²) >= 11 is 0. The van der Waals surface area contributed by atoms with Crippen molar-refractivity contribution in [3.63, 3.8) is 0 Å². The molecule has 5 nitrogen and oxygen atoms in total. The average Bonchev–Trinajstić information content (AvgIpc) is 3.18. The number of alkyl halides is 3. The molecule has 1 fully saturated rings. The Labute approximate surface area is 160 Å². The molecule has 2 aromatic rings. The van der Waals surface area contributed by atoms with Gasteiger partial charge < -0.3 is 20.1 Å². The van der Waals surface area contributed by atoms with E-state index in [0.717, 1.165) is 31.6 Å². The molecule has 3 rings (SSSR count). The molecule has 1 saturated heterocycles. The number of benzene rings is 2. The molecule has 0 aliphatic carbocycles. The third-order valence-electron chi connectivity index (χ3n) is 4.22. The second-order valence-electron chi connectivity index (χ2n) is 6.45. The number of halogens is 3. The van der Waals surface area contributed by atoms with E-state index in [0.29, 0.717) is 18.0 Å². The highest BCUT2D eigenvalue weighted by Gasteiger charge is 2.30. The fraction of sp³-hybridized carbons (Fsp3) is 0.350. The van der Waals surface area contributed by atoms with Gasteiger partial charge in [0.25, 0.3) is 0 Å². The van der Waals surface area contributed by atoms with Gasteiger partial charge in [-0.15, -0.1) is 0 Å². The van der Waals surface area contributed by atoms with E-state index in [1.807, 2.05) is 0 Å². The van der Waals surface area contributed by atoms with Crippen molar-refractivity contribution in [3.05, 3.63) is 54.1 Å². The van der Waals surface area contributed by atoms with Crippen LogP contribution in [-0.4, -0.2) is 31.8 Å². The van der Waals surface area contributed by atoms with Crippen LogP contribution in [0.4, 0.5) is 24.5 Å². The van der Waals surface area contributed by atoms with Crippen molar-refractivity contribution in [2.75, 3.05) is 30.4 Å². The van der Waals surface area contributed by atoms with E-state index in [-0.39, 0.29) is 24.2 Å². The first-order chi connectivity index (χ1) is 13.4. The Morgan fingerprint density at radius 2 is 1.93 bits per heavy atom. The summed E-state index contributed by atoms with van der Waals surface area (Å²) in [5.41, 5.74) is -0.00620. The average molecular weight is 394 g/mol. The number of carbonyl (C=O) groups excluding carboxylic acids is 1. The zero-order valence-electron chi connectivity index (χ0n) is 15.1. The molecule has 1 heterocycles. The molecular weight excluding hydrogens is 373 g/mol. The van der Waals surface area contributed by atoms with Crippen LogP contribution >= 0.6 is 0 Å². The topological polar surface area (TPSA) is 59.6 Å². The van der Waals surface area contributed by atoms with Crippen LogP contribution in [0.1, 0.15) is 18.4 Å². The third kappa shape index (κ3) is 5.88. The molecule has 1 amide bonds. The Balaban J connectivity index is 1.50. The number of rotatable bonds is 7. The SMILES string of the molecule is O=C(CNc1cccc(C(F)(F)F)c1)Nc1cccc(OCC2CCCO2)c1. The number of ether oxygens (including phenoxy) is 2. The van der Waals surface area contributed by atoms with Crippen molar-refractivity contribution < 1.29 is 27.4 Å². The molecule has 1 aliphatic rings. The minimum absolute atomic E-state index is 0.0925. The van der Waals surface area contributed by atoms with Gasteiger partial charge in [-0.2, -0.15) is 13.2 Å². The number of hydrogen-bond acceptors (Lipinski definition) is 4. The smallest absolute Gasteiger partial charge is 0.416 e. The standard InChI is InChI=1S/C20H21F3N2O3/c21-20(22,23)14-4-1-5-15(10-14)24-12-19(26)25-16-6-2-7-17(11-16)28-13-18-8-3-9-27-18/h1-2,4-7,10-11,18,24H,3,8-9,12-13H2,(H,25,26). The van der Waals surface area contributed by atoms with E-state index in [1.54, 1.807) is 24.3 Å². The lowest BCUT2D eigenvalue weighted by Gasteiger charge is -2.13. The molecule has 0 aromatic heterocycles. The lowest BCUT2D eigenvalue weighted by Crippen LogP contribution is -2.22. The van der Waals surface area contributed by atoms with Crippen molar-refractivity contribution >= 4 is 17.3 Å². The highest BCUT2D eigenvalue weighted by Crippen LogP contribution is 2.30. The summed E-state index contributed by atoms with van der Waals surface area (Å²) in [5.74, 6) is 0.229. The summed E-state index contributed by atoms with van der Waals surface area (Å²) in [4.78, 5) is 12.1. The van der Waals surface area contributed by atoms with Crippen LogP contribution in [-0.2, 0) is 15.7 Å². The molecule has 1 unspecified atom stereocenters. The monoisotopic (exact) mass is 394 g/mol. The van der Waals surface area contributed by atoms with E-state index in [2.05, 4.69) is 10.6 Å². The maximum atomic E-state index is 12.7. The number of anilines is 2. The van der Waals surface area contributed by atoms with Crippen molar-refractivity contribution in [1.29, 1.82) is 0 Å². The van der Waals surface area contributed by atoms with Crippen LogP contribution in [0.25, 0.3) is 0 Å². The second kappa shape index (κ2) is 8.97. The van der Waals surface area contributed by atoms with Crippen molar-refractivity contribution in [2.45, 2.75) is 25.1 Å². The molecule has 8 heteroatoms. The van der Waals surface area contributed by atoms with Gasteiger partial charge in [-0.05, 0) is 43.2 Å². The summed E-state index contributed by atoms with van der Waals surface area (Å²) in [6.45, 7) is 1.04. The van der Waals surface area contributed by atoms with E-state index >= 15 is 0 Å². The van der Waals surface area contributed by atoms with Gasteiger partial charge in [0, 0.05) is 24.0 Å². The van der Waals surface area contributed by atoms with Gasteiger partial charge in [-0.1, -0.05) is 12.1 Å². The summed E-state index contributed by atoms with van der Waals surface area (Å²) < 4.78 is 49.4. The van der Waals surface area contributed by atoms with E-state index < -0.39 is 11.7 Å². The normalized spacial score (nSPS) is 16.6. The highest BCUT2D eigenvalue weighted by atomic mass is 19.4. The van der Waals surface area contributed by atoms with Gasteiger partial charge in [-0.3, -0.25) is 4.79 Å². The summed E-state index contributed by atoms with van der Waals surface area (Å²) in [6.07, 6.45) is -2.33. The molecule has 0 radical (unpaired) electrons. The van der Waals surface area contributed by atoms with Gasteiger partial charge in [0.15, 0.2) is 0 Å². The minimum atomic E-state index is -4.43. The predicted octanol–water partition coefficient (Wildman–Crippen LogP) is 4.31. The highest BCUT2D eigenvalue weighted by molar-refractivity contribution is 5.93. The maximum Gasteiger partial charge on any atom is 0.416 e. The lowest BCUT2D eigenvalue weighted by atomic mass is 10.2.